The molecule has 0 saturated heterocycles. The number of carbonyl (C=O) groups excluding carboxylic acids is 1. The van der Waals surface area contributed by atoms with E-state index in [0.717, 1.165) is 5.56 Å². The molecule has 0 spiro atoms. The predicted molar refractivity (Wildman–Crippen MR) is 81.3 cm³/mol. The lowest BCUT2D eigenvalue weighted by molar-refractivity contribution is -0.117. The molecule has 0 saturated carbocycles. The molecule has 2 aromatic carbocycles. The van der Waals surface area contributed by atoms with Gasteiger partial charge >= 0.3 is 0 Å². The van der Waals surface area contributed by atoms with E-state index in [9.17, 15) is 15.0 Å². The molecule has 0 aliphatic heterocycles. The molecule has 0 radical (unpaired) electrons. The third-order valence-electron chi connectivity index (χ3n) is 3.19. The maximum atomic E-state index is 12.0. The highest BCUT2D eigenvalue weighted by atomic mass is 16.3. The monoisotopic (exact) mass is 286 g/mol. The van der Waals surface area contributed by atoms with Crippen molar-refractivity contribution in [3.63, 3.8) is 0 Å². The molecular weight excluding hydrogens is 268 g/mol. The van der Waals surface area contributed by atoms with Gasteiger partial charge in [-0.25, -0.2) is 0 Å². The van der Waals surface area contributed by atoms with Crippen LogP contribution in [-0.2, 0) is 11.2 Å². The molecule has 0 unspecified atom stereocenters. The SMILES string of the molecule is Cc1cc(NC(=O)[C@@H](N)Cc2ccc(O)cc2)ccc1O. The summed E-state index contributed by atoms with van der Waals surface area (Å²) in [5.41, 5.74) is 8.03. The highest BCUT2D eigenvalue weighted by Crippen LogP contribution is 2.20. The Bertz CT molecular complexity index is 638. The largest absolute Gasteiger partial charge is 0.508 e. The lowest BCUT2D eigenvalue weighted by atomic mass is 10.1. The summed E-state index contributed by atoms with van der Waals surface area (Å²) in [5, 5.41) is 21.4. The van der Waals surface area contributed by atoms with Gasteiger partial charge in [0.2, 0.25) is 5.91 Å². The maximum absolute atomic E-state index is 12.0. The molecule has 5 nitrogen and oxygen atoms in total. The van der Waals surface area contributed by atoms with E-state index in [1.807, 2.05) is 0 Å². The van der Waals surface area contributed by atoms with Gasteiger partial charge in [-0.05, 0) is 54.8 Å². The second-order valence-corrected chi connectivity index (χ2v) is 4.97. The van der Waals surface area contributed by atoms with Gasteiger partial charge in [-0.15, -0.1) is 0 Å². The molecule has 110 valence electrons. The number of nitrogens with two attached hydrogens (primary N) is 1. The standard InChI is InChI=1S/C16H18N2O3/c1-10-8-12(4-7-15(10)20)18-16(21)14(17)9-11-2-5-13(19)6-3-11/h2-8,14,19-20H,9,17H2,1H3,(H,18,21)/t14-/m0/s1. The molecule has 0 aliphatic rings. The second kappa shape index (κ2) is 6.28. The van der Waals surface area contributed by atoms with Crippen LogP contribution < -0.4 is 11.1 Å². The smallest absolute Gasteiger partial charge is 0.241 e. The van der Waals surface area contributed by atoms with E-state index in [4.69, 9.17) is 5.73 Å². The Kier molecular flexibility index (Phi) is 4.45. The number of phenolic OH excluding ortho intramolecular Hbond substituents is 2. The fourth-order valence-corrected chi connectivity index (χ4v) is 1.95. The minimum Gasteiger partial charge on any atom is -0.508 e. The van der Waals surface area contributed by atoms with Crippen molar-refractivity contribution in [1.82, 2.24) is 0 Å². The number of anilines is 1. The Labute approximate surface area is 123 Å². The van der Waals surface area contributed by atoms with Gasteiger partial charge in [-0.1, -0.05) is 12.1 Å². The van der Waals surface area contributed by atoms with E-state index >= 15 is 0 Å². The molecule has 2 aromatic rings. The van der Waals surface area contributed by atoms with Gasteiger partial charge in [-0.3, -0.25) is 4.79 Å². The Hall–Kier alpha value is -2.53. The average molecular weight is 286 g/mol. The van der Waals surface area contributed by atoms with Crippen molar-refractivity contribution in [3.05, 3.63) is 53.6 Å². The van der Waals surface area contributed by atoms with E-state index in [2.05, 4.69) is 5.32 Å². The number of hydrogen-bond donors (Lipinski definition) is 4. The van der Waals surface area contributed by atoms with E-state index in [1.165, 1.54) is 6.07 Å². The average Bonchev–Trinajstić information content (AvgIpc) is 2.45. The Balaban J connectivity index is 1.98. The highest BCUT2D eigenvalue weighted by Gasteiger charge is 2.14. The number of hydrogen-bond acceptors (Lipinski definition) is 4. The van der Waals surface area contributed by atoms with Gasteiger partial charge in [0.25, 0.3) is 0 Å². The summed E-state index contributed by atoms with van der Waals surface area (Å²) in [7, 11) is 0. The first kappa shape index (κ1) is 14.9. The summed E-state index contributed by atoms with van der Waals surface area (Å²) >= 11 is 0. The van der Waals surface area contributed by atoms with Crippen LogP contribution in [0.4, 0.5) is 5.69 Å². The van der Waals surface area contributed by atoms with E-state index in [-0.39, 0.29) is 17.4 Å². The van der Waals surface area contributed by atoms with Crippen LogP contribution in [0.15, 0.2) is 42.5 Å². The molecule has 0 bridgehead atoms. The second-order valence-electron chi connectivity index (χ2n) is 4.97. The number of amides is 1. The van der Waals surface area contributed by atoms with Crippen LogP contribution in [0.2, 0.25) is 0 Å². The zero-order chi connectivity index (χ0) is 15.4. The number of rotatable bonds is 4. The normalized spacial score (nSPS) is 11.9. The van der Waals surface area contributed by atoms with Gasteiger partial charge in [0.1, 0.15) is 11.5 Å². The van der Waals surface area contributed by atoms with Crippen molar-refractivity contribution in [2.75, 3.05) is 5.32 Å². The summed E-state index contributed by atoms with van der Waals surface area (Å²) < 4.78 is 0. The fraction of sp³-hybridized carbons (Fsp3) is 0.188. The first-order valence-electron chi connectivity index (χ1n) is 6.59. The van der Waals surface area contributed by atoms with Gasteiger partial charge in [0.05, 0.1) is 6.04 Å². The van der Waals surface area contributed by atoms with E-state index < -0.39 is 6.04 Å². The summed E-state index contributed by atoms with van der Waals surface area (Å²) in [6, 6.07) is 10.7. The predicted octanol–water partition coefficient (Wildman–Crippen LogP) is 1.91. The number of phenols is 2. The number of aromatic hydroxyl groups is 2. The molecule has 0 fully saturated rings. The molecule has 0 aromatic heterocycles. The number of carbonyl (C=O) groups is 1. The molecule has 5 heteroatoms. The zero-order valence-corrected chi connectivity index (χ0v) is 11.7. The first-order chi connectivity index (χ1) is 9.95. The van der Waals surface area contributed by atoms with Crippen LogP contribution in [0.1, 0.15) is 11.1 Å². The van der Waals surface area contributed by atoms with Gasteiger partial charge in [0.15, 0.2) is 0 Å². The Morgan fingerprint density at radius 3 is 2.48 bits per heavy atom. The number of nitrogens with one attached hydrogen (secondary N) is 1. The minimum absolute atomic E-state index is 0.177. The van der Waals surface area contributed by atoms with Crippen molar-refractivity contribution in [3.8, 4) is 11.5 Å². The van der Waals surface area contributed by atoms with Crippen molar-refractivity contribution >= 4 is 11.6 Å². The topological polar surface area (TPSA) is 95.6 Å². The third-order valence-corrected chi connectivity index (χ3v) is 3.19. The summed E-state index contributed by atoms with van der Waals surface area (Å²) in [6.45, 7) is 1.75. The molecule has 5 N–H and O–H groups in total. The summed E-state index contributed by atoms with van der Waals surface area (Å²) in [5.74, 6) is 0.0610. The number of benzene rings is 2. The molecule has 21 heavy (non-hydrogen) atoms. The van der Waals surface area contributed by atoms with E-state index in [1.54, 1.807) is 43.3 Å². The van der Waals surface area contributed by atoms with Crippen LogP contribution in [-0.4, -0.2) is 22.2 Å². The van der Waals surface area contributed by atoms with Crippen molar-refractivity contribution in [2.45, 2.75) is 19.4 Å². The van der Waals surface area contributed by atoms with Gasteiger partial charge in [-0.2, -0.15) is 0 Å². The van der Waals surface area contributed by atoms with Gasteiger partial charge < -0.3 is 21.3 Å². The van der Waals surface area contributed by atoms with Gasteiger partial charge in [0, 0.05) is 5.69 Å². The lowest BCUT2D eigenvalue weighted by Crippen LogP contribution is -2.37. The van der Waals surface area contributed by atoms with Crippen LogP contribution in [0.3, 0.4) is 0 Å². The number of aryl methyl sites for hydroxylation is 1. The molecule has 0 heterocycles. The maximum Gasteiger partial charge on any atom is 0.241 e. The first-order valence-corrected chi connectivity index (χ1v) is 6.59. The minimum atomic E-state index is -0.691. The summed E-state index contributed by atoms with van der Waals surface area (Å²) in [4.78, 5) is 12.0. The highest BCUT2D eigenvalue weighted by molar-refractivity contribution is 5.95. The van der Waals surface area contributed by atoms with Crippen molar-refractivity contribution in [1.29, 1.82) is 0 Å². The Morgan fingerprint density at radius 2 is 1.86 bits per heavy atom. The van der Waals surface area contributed by atoms with Crippen LogP contribution in [0, 0.1) is 6.92 Å². The zero-order valence-electron chi connectivity index (χ0n) is 11.7. The van der Waals surface area contributed by atoms with Crippen molar-refractivity contribution < 1.29 is 15.0 Å². The van der Waals surface area contributed by atoms with E-state index in [0.29, 0.717) is 17.7 Å². The van der Waals surface area contributed by atoms with Crippen LogP contribution >= 0.6 is 0 Å². The molecule has 2 rings (SSSR count). The summed E-state index contributed by atoms with van der Waals surface area (Å²) in [6.07, 6.45) is 0.378. The quantitative estimate of drug-likeness (QED) is 0.646. The lowest BCUT2D eigenvalue weighted by Gasteiger charge is -2.13. The Morgan fingerprint density at radius 1 is 1.19 bits per heavy atom. The fourth-order valence-electron chi connectivity index (χ4n) is 1.95. The van der Waals surface area contributed by atoms with Crippen molar-refractivity contribution in [2.24, 2.45) is 5.73 Å². The third kappa shape index (κ3) is 3.97. The molecule has 1 atom stereocenters. The van der Waals surface area contributed by atoms with Crippen LogP contribution in [0.5, 0.6) is 11.5 Å². The molecule has 1 amide bonds. The van der Waals surface area contributed by atoms with Crippen LogP contribution in [0.25, 0.3) is 0 Å². The molecule has 0 aliphatic carbocycles. The molecular formula is C16H18N2O3.